The summed E-state index contributed by atoms with van der Waals surface area (Å²) in [5, 5.41) is 3.00. The molecule has 0 radical (unpaired) electrons. The SMILES string of the molecule is CC1(C)C(Nc2nc(N)c(F)cc2F)C1(C)C. The van der Waals surface area contributed by atoms with Gasteiger partial charge in [0.25, 0.3) is 0 Å². The van der Waals surface area contributed by atoms with E-state index in [9.17, 15) is 8.78 Å². The third-order valence-electron chi connectivity index (χ3n) is 4.26. The maximum absolute atomic E-state index is 13.5. The minimum absolute atomic E-state index is 0.0209. The number of nitrogen functional groups attached to an aromatic ring is 1. The van der Waals surface area contributed by atoms with Crippen LogP contribution in [0.2, 0.25) is 0 Å². The molecule has 1 fully saturated rings. The normalized spacial score (nSPS) is 21.3. The van der Waals surface area contributed by atoms with Gasteiger partial charge in [-0.3, -0.25) is 0 Å². The van der Waals surface area contributed by atoms with Crippen LogP contribution in [-0.4, -0.2) is 11.0 Å². The largest absolute Gasteiger partial charge is 0.381 e. The Morgan fingerprint density at radius 3 is 2.18 bits per heavy atom. The van der Waals surface area contributed by atoms with Gasteiger partial charge < -0.3 is 11.1 Å². The number of halogens is 2. The summed E-state index contributed by atoms with van der Waals surface area (Å²) in [5.41, 5.74) is 5.42. The topological polar surface area (TPSA) is 50.9 Å². The number of aromatic nitrogens is 1. The molecule has 0 aromatic carbocycles. The van der Waals surface area contributed by atoms with E-state index in [1.54, 1.807) is 0 Å². The number of anilines is 2. The van der Waals surface area contributed by atoms with Crippen molar-refractivity contribution in [1.82, 2.24) is 4.98 Å². The minimum atomic E-state index is -0.831. The fourth-order valence-electron chi connectivity index (χ4n) is 2.28. The van der Waals surface area contributed by atoms with Crippen LogP contribution in [0.25, 0.3) is 0 Å². The maximum atomic E-state index is 13.5. The molecule has 0 unspecified atom stereocenters. The Hall–Kier alpha value is -1.39. The number of hydrogen-bond donors (Lipinski definition) is 2. The summed E-state index contributed by atoms with van der Waals surface area (Å²) in [6.07, 6.45) is 0. The molecule has 1 aromatic heterocycles. The fourth-order valence-corrected chi connectivity index (χ4v) is 2.28. The zero-order chi connectivity index (χ0) is 13.0. The lowest BCUT2D eigenvalue weighted by molar-refractivity contribution is 0.457. The molecule has 1 aromatic rings. The number of pyridine rings is 1. The van der Waals surface area contributed by atoms with Crippen LogP contribution >= 0.6 is 0 Å². The first kappa shape index (κ1) is 12.1. The van der Waals surface area contributed by atoms with Gasteiger partial charge in [-0.1, -0.05) is 27.7 Å². The van der Waals surface area contributed by atoms with Crippen molar-refractivity contribution in [3.8, 4) is 0 Å². The van der Waals surface area contributed by atoms with E-state index >= 15 is 0 Å². The van der Waals surface area contributed by atoms with E-state index in [0.29, 0.717) is 0 Å². The summed E-state index contributed by atoms with van der Waals surface area (Å²) >= 11 is 0. The highest BCUT2D eigenvalue weighted by Gasteiger charge is 2.65. The van der Waals surface area contributed by atoms with Crippen molar-refractivity contribution < 1.29 is 8.78 Å². The summed E-state index contributed by atoms with van der Waals surface area (Å²) < 4.78 is 26.5. The third-order valence-corrected chi connectivity index (χ3v) is 4.26. The van der Waals surface area contributed by atoms with Gasteiger partial charge in [-0.25, -0.2) is 13.8 Å². The third kappa shape index (κ3) is 1.64. The van der Waals surface area contributed by atoms with Gasteiger partial charge >= 0.3 is 0 Å². The van der Waals surface area contributed by atoms with Crippen molar-refractivity contribution in [1.29, 1.82) is 0 Å². The second-order valence-electron chi connectivity index (χ2n) is 5.71. The average molecular weight is 241 g/mol. The molecule has 1 saturated carbocycles. The number of nitrogens with one attached hydrogen (secondary N) is 1. The number of nitrogens with two attached hydrogens (primary N) is 1. The Morgan fingerprint density at radius 1 is 1.18 bits per heavy atom. The molecule has 0 atom stereocenters. The van der Waals surface area contributed by atoms with Gasteiger partial charge in [0.1, 0.15) is 0 Å². The van der Waals surface area contributed by atoms with E-state index in [1.165, 1.54) is 0 Å². The molecule has 0 amide bonds. The van der Waals surface area contributed by atoms with Crippen LogP contribution in [-0.2, 0) is 0 Å². The highest BCUT2D eigenvalue weighted by atomic mass is 19.1. The smallest absolute Gasteiger partial charge is 0.168 e. The summed E-state index contributed by atoms with van der Waals surface area (Å²) in [6, 6.07) is 0.856. The highest BCUT2D eigenvalue weighted by molar-refractivity contribution is 5.48. The number of rotatable bonds is 2. The zero-order valence-corrected chi connectivity index (χ0v) is 10.4. The Labute approximate surface area is 99.4 Å². The predicted molar refractivity (Wildman–Crippen MR) is 63.5 cm³/mol. The first-order chi connectivity index (χ1) is 7.68. The molecule has 0 aliphatic heterocycles. The second-order valence-corrected chi connectivity index (χ2v) is 5.71. The van der Waals surface area contributed by atoms with Gasteiger partial charge in [-0.05, 0) is 10.8 Å². The quantitative estimate of drug-likeness (QED) is 0.837. The molecule has 3 N–H and O–H groups in total. The molecule has 1 heterocycles. The van der Waals surface area contributed by atoms with Crippen LogP contribution in [0.3, 0.4) is 0 Å². The van der Waals surface area contributed by atoms with Crippen molar-refractivity contribution in [2.24, 2.45) is 10.8 Å². The van der Waals surface area contributed by atoms with E-state index in [1.807, 2.05) is 0 Å². The Bertz CT molecular complexity index is 455. The van der Waals surface area contributed by atoms with Gasteiger partial charge in [-0.2, -0.15) is 0 Å². The molecule has 1 aliphatic carbocycles. The van der Waals surface area contributed by atoms with E-state index in [4.69, 9.17) is 5.73 Å². The summed E-state index contributed by atoms with van der Waals surface area (Å²) in [5.74, 6) is -1.81. The maximum Gasteiger partial charge on any atom is 0.168 e. The van der Waals surface area contributed by atoms with Crippen LogP contribution < -0.4 is 11.1 Å². The minimum Gasteiger partial charge on any atom is -0.381 e. The Kier molecular flexibility index (Phi) is 2.35. The van der Waals surface area contributed by atoms with Crippen molar-refractivity contribution >= 4 is 11.6 Å². The average Bonchev–Trinajstić information content (AvgIpc) is 2.57. The fraction of sp³-hybridized carbons (Fsp3) is 0.583. The standard InChI is InChI=1S/C12H17F2N3/c1-11(2)10(12(11,3)4)17-9-7(14)5-6(13)8(15)16-9/h5,10H,1-4H3,(H3,15,16,17). The van der Waals surface area contributed by atoms with Gasteiger partial charge in [0, 0.05) is 12.1 Å². The predicted octanol–water partition coefficient (Wildman–Crippen LogP) is 2.79. The molecule has 0 saturated heterocycles. The summed E-state index contributed by atoms with van der Waals surface area (Å²) in [4.78, 5) is 3.70. The number of hydrogen-bond acceptors (Lipinski definition) is 3. The molecule has 94 valence electrons. The lowest BCUT2D eigenvalue weighted by atomic mass is 10.0. The second kappa shape index (κ2) is 3.31. The summed E-state index contributed by atoms with van der Waals surface area (Å²) in [6.45, 7) is 8.37. The molecule has 0 spiro atoms. The van der Waals surface area contributed by atoms with Crippen LogP contribution in [0.5, 0.6) is 0 Å². The zero-order valence-electron chi connectivity index (χ0n) is 10.4. The van der Waals surface area contributed by atoms with Gasteiger partial charge in [-0.15, -0.1) is 0 Å². The molecule has 0 bridgehead atoms. The monoisotopic (exact) mass is 241 g/mol. The number of nitrogens with zero attached hydrogens (tertiary/aromatic N) is 1. The molecular weight excluding hydrogens is 224 g/mol. The molecule has 2 rings (SSSR count). The Balaban J connectivity index is 2.25. The lowest BCUT2D eigenvalue weighted by Crippen LogP contribution is -2.14. The molecule has 17 heavy (non-hydrogen) atoms. The van der Waals surface area contributed by atoms with E-state index in [2.05, 4.69) is 38.0 Å². The van der Waals surface area contributed by atoms with Crippen molar-refractivity contribution in [3.05, 3.63) is 17.7 Å². The molecule has 1 aliphatic rings. The first-order valence-electron chi connectivity index (χ1n) is 5.56. The van der Waals surface area contributed by atoms with Crippen molar-refractivity contribution in [2.45, 2.75) is 33.7 Å². The highest BCUT2D eigenvalue weighted by Crippen LogP contribution is 2.63. The first-order valence-corrected chi connectivity index (χ1v) is 5.56. The molecule has 5 heteroatoms. The van der Waals surface area contributed by atoms with E-state index in [0.717, 1.165) is 6.07 Å². The van der Waals surface area contributed by atoms with Gasteiger partial charge in [0.15, 0.2) is 23.3 Å². The van der Waals surface area contributed by atoms with Crippen LogP contribution in [0.15, 0.2) is 6.07 Å². The summed E-state index contributed by atoms with van der Waals surface area (Å²) in [7, 11) is 0. The van der Waals surface area contributed by atoms with Crippen LogP contribution in [0, 0.1) is 22.5 Å². The van der Waals surface area contributed by atoms with Crippen molar-refractivity contribution in [3.63, 3.8) is 0 Å². The van der Waals surface area contributed by atoms with Crippen molar-refractivity contribution in [2.75, 3.05) is 11.1 Å². The molecule has 3 nitrogen and oxygen atoms in total. The van der Waals surface area contributed by atoms with Crippen LogP contribution in [0.4, 0.5) is 20.4 Å². The van der Waals surface area contributed by atoms with Gasteiger partial charge in [0.2, 0.25) is 0 Å². The Morgan fingerprint density at radius 2 is 1.71 bits per heavy atom. The van der Waals surface area contributed by atoms with Crippen LogP contribution in [0.1, 0.15) is 27.7 Å². The van der Waals surface area contributed by atoms with Gasteiger partial charge in [0.05, 0.1) is 0 Å². The molecular formula is C12H17F2N3. The van der Waals surface area contributed by atoms with E-state index < -0.39 is 11.6 Å². The lowest BCUT2D eigenvalue weighted by Gasteiger charge is -2.09. The van der Waals surface area contributed by atoms with E-state index in [-0.39, 0.29) is 28.5 Å².